The molecule has 0 aliphatic carbocycles. The Balaban J connectivity index is 2.51. The lowest BCUT2D eigenvalue weighted by Gasteiger charge is -2.20. The minimum Gasteiger partial charge on any atom is -0.481 e. The number of carbonyl (C=O) groups is 2. The molecule has 0 heterocycles. The minimum absolute atomic E-state index is 0.0202. The third-order valence-electron chi connectivity index (χ3n) is 3.04. The average Bonchev–Trinajstić information content (AvgIpc) is 2.52. The van der Waals surface area contributed by atoms with E-state index in [1.807, 2.05) is 36.4 Å². The molecule has 1 amide bonds. The van der Waals surface area contributed by atoms with Crippen molar-refractivity contribution in [3.8, 4) is 0 Å². The number of aliphatic carboxylic acids is 1. The van der Waals surface area contributed by atoms with Crippen molar-refractivity contribution in [3.05, 3.63) is 42.0 Å². The van der Waals surface area contributed by atoms with Gasteiger partial charge in [-0.2, -0.15) is 0 Å². The van der Waals surface area contributed by atoms with E-state index >= 15 is 0 Å². The van der Waals surface area contributed by atoms with Crippen LogP contribution in [0, 0.1) is 0 Å². The largest absolute Gasteiger partial charge is 0.481 e. The highest BCUT2D eigenvalue weighted by Gasteiger charge is 2.10. The molecule has 0 atom stereocenters. The Morgan fingerprint density at radius 1 is 1.23 bits per heavy atom. The van der Waals surface area contributed by atoms with Crippen LogP contribution in [-0.2, 0) is 9.59 Å². The molecule has 22 heavy (non-hydrogen) atoms. The maximum atomic E-state index is 12.3. The summed E-state index contributed by atoms with van der Waals surface area (Å²) in [7, 11) is 0. The summed E-state index contributed by atoms with van der Waals surface area (Å²) in [5, 5.41) is 8.63. The molecule has 1 N–H and O–H groups in total. The van der Waals surface area contributed by atoms with Gasteiger partial charge in [-0.25, -0.2) is 0 Å². The Hall–Kier alpha value is -1.75. The van der Waals surface area contributed by atoms with E-state index < -0.39 is 5.97 Å². The molecule has 0 fully saturated rings. The zero-order valence-corrected chi connectivity index (χ0v) is 13.7. The predicted octanol–water partition coefficient (Wildman–Crippen LogP) is 3.15. The molecule has 0 unspecified atom stereocenters. The number of unbranched alkanes of at least 4 members (excludes halogenated alkanes) is 1. The molecule has 0 aliphatic rings. The molecule has 1 aromatic rings. The lowest BCUT2D eigenvalue weighted by atomic mass is 10.2. The molecule has 0 aliphatic heterocycles. The Kier molecular flexibility index (Phi) is 9.07. The second-order valence-corrected chi connectivity index (χ2v) is 5.97. The summed E-state index contributed by atoms with van der Waals surface area (Å²) in [5.41, 5.74) is 0.992. The fourth-order valence-corrected chi connectivity index (χ4v) is 2.52. The number of benzene rings is 1. The van der Waals surface area contributed by atoms with Gasteiger partial charge in [0, 0.05) is 24.9 Å². The van der Waals surface area contributed by atoms with E-state index in [-0.39, 0.29) is 11.7 Å². The number of hydrogen-bond acceptors (Lipinski definition) is 3. The SMILES string of the molecule is CCCCN(CCSCC(=O)O)C(=O)C=Cc1ccccc1. The first-order chi connectivity index (χ1) is 10.6. The summed E-state index contributed by atoms with van der Waals surface area (Å²) >= 11 is 1.34. The van der Waals surface area contributed by atoms with Crippen molar-refractivity contribution in [2.45, 2.75) is 19.8 Å². The molecule has 4 nitrogen and oxygen atoms in total. The fraction of sp³-hybridized carbons (Fsp3) is 0.412. The Morgan fingerprint density at radius 3 is 2.59 bits per heavy atom. The van der Waals surface area contributed by atoms with E-state index in [0.717, 1.165) is 18.4 Å². The van der Waals surface area contributed by atoms with Gasteiger partial charge < -0.3 is 10.0 Å². The van der Waals surface area contributed by atoms with Gasteiger partial charge in [0.25, 0.3) is 0 Å². The van der Waals surface area contributed by atoms with Crippen LogP contribution >= 0.6 is 11.8 Å². The Labute approximate surface area is 136 Å². The third-order valence-corrected chi connectivity index (χ3v) is 3.96. The summed E-state index contributed by atoms with van der Waals surface area (Å²) in [4.78, 5) is 24.6. The van der Waals surface area contributed by atoms with Crippen molar-refractivity contribution < 1.29 is 14.7 Å². The number of hydrogen-bond donors (Lipinski definition) is 1. The Morgan fingerprint density at radius 2 is 1.95 bits per heavy atom. The number of rotatable bonds is 10. The summed E-state index contributed by atoms with van der Waals surface area (Å²) in [6.07, 6.45) is 5.38. The van der Waals surface area contributed by atoms with Gasteiger partial charge in [-0.05, 0) is 18.1 Å². The van der Waals surface area contributed by atoms with Crippen molar-refractivity contribution in [3.63, 3.8) is 0 Å². The second-order valence-electron chi connectivity index (χ2n) is 4.87. The highest BCUT2D eigenvalue weighted by molar-refractivity contribution is 7.99. The van der Waals surface area contributed by atoms with Gasteiger partial charge in [0.05, 0.1) is 5.75 Å². The first-order valence-corrected chi connectivity index (χ1v) is 8.60. The highest BCUT2D eigenvalue weighted by Crippen LogP contribution is 2.06. The molecule has 5 heteroatoms. The number of amides is 1. The van der Waals surface area contributed by atoms with Crippen LogP contribution in [0.15, 0.2) is 36.4 Å². The maximum absolute atomic E-state index is 12.3. The van der Waals surface area contributed by atoms with Crippen molar-refractivity contribution in [1.82, 2.24) is 4.90 Å². The van der Waals surface area contributed by atoms with Crippen molar-refractivity contribution in [2.75, 3.05) is 24.6 Å². The number of carboxylic acid groups (broad SMARTS) is 1. The molecule has 1 aromatic carbocycles. The summed E-state index contributed by atoms with van der Waals surface area (Å²) in [5.74, 6) is -0.120. The van der Waals surface area contributed by atoms with E-state index in [9.17, 15) is 9.59 Å². The van der Waals surface area contributed by atoms with Crippen LogP contribution < -0.4 is 0 Å². The topological polar surface area (TPSA) is 57.6 Å². The molecule has 120 valence electrons. The van der Waals surface area contributed by atoms with E-state index in [1.165, 1.54) is 11.8 Å². The number of thioether (sulfide) groups is 1. The zero-order chi connectivity index (χ0) is 16.2. The maximum Gasteiger partial charge on any atom is 0.313 e. The quantitative estimate of drug-likeness (QED) is 0.531. The lowest BCUT2D eigenvalue weighted by Crippen LogP contribution is -2.32. The van der Waals surface area contributed by atoms with Crippen LogP contribution in [0.2, 0.25) is 0 Å². The molecule has 0 bridgehead atoms. The molecule has 0 saturated carbocycles. The average molecular weight is 321 g/mol. The Bertz CT molecular complexity index is 488. The van der Waals surface area contributed by atoms with Crippen molar-refractivity contribution in [2.24, 2.45) is 0 Å². The molecule has 0 saturated heterocycles. The van der Waals surface area contributed by atoms with Gasteiger partial charge >= 0.3 is 5.97 Å². The minimum atomic E-state index is -0.819. The fourth-order valence-electron chi connectivity index (χ4n) is 1.85. The van der Waals surface area contributed by atoms with Gasteiger partial charge in [-0.1, -0.05) is 43.7 Å². The second kappa shape index (κ2) is 10.9. The number of carboxylic acids is 1. The van der Waals surface area contributed by atoms with E-state index in [4.69, 9.17) is 5.11 Å². The van der Waals surface area contributed by atoms with Crippen molar-refractivity contribution >= 4 is 29.7 Å². The molecule has 0 spiro atoms. The van der Waals surface area contributed by atoms with Gasteiger partial charge in [-0.15, -0.1) is 11.8 Å². The standard InChI is InChI=1S/C17H23NO3S/c1-2-3-11-18(12-13-22-14-17(20)21)16(19)10-9-15-7-5-4-6-8-15/h4-10H,2-3,11-14H2,1H3,(H,20,21). The van der Waals surface area contributed by atoms with Crippen LogP contribution in [-0.4, -0.2) is 46.5 Å². The molecule has 1 rings (SSSR count). The van der Waals surface area contributed by atoms with Crippen molar-refractivity contribution in [1.29, 1.82) is 0 Å². The lowest BCUT2D eigenvalue weighted by molar-refractivity contribution is -0.134. The van der Waals surface area contributed by atoms with Crippen LogP contribution in [0.5, 0.6) is 0 Å². The van der Waals surface area contributed by atoms with E-state index in [1.54, 1.807) is 11.0 Å². The monoisotopic (exact) mass is 321 g/mol. The number of nitrogens with zero attached hydrogens (tertiary/aromatic N) is 1. The van der Waals surface area contributed by atoms with Gasteiger partial charge in [-0.3, -0.25) is 9.59 Å². The molecule has 0 radical (unpaired) electrons. The van der Waals surface area contributed by atoms with Gasteiger partial charge in [0.2, 0.25) is 5.91 Å². The normalized spacial score (nSPS) is 10.8. The van der Waals surface area contributed by atoms with E-state index in [0.29, 0.717) is 18.8 Å². The van der Waals surface area contributed by atoms with Gasteiger partial charge in [0.15, 0.2) is 0 Å². The zero-order valence-electron chi connectivity index (χ0n) is 12.9. The smallest absolute Gasteiger partial charge is 0.313 e. The molecule has 0 aromatic heterocycles. The van der Waals surface area contributed by atoms with Crippen LogP contribution in [0.1, 0.15) is 25.3 Å². The summed E-state index contributed by atoms with van der Waals surface area (Å²) in [6, 6.07) is 9.70. The highest BCUT2D eigenvalue weighted by atomic mass is 32.2. The molecular weight excluding hydrogens is 298 g/mol. The molecular formula is C17H23NO3S. The third kappa shape index (κ3) is 7.88. The summed E-state index contributed by atoms with van der Waals surface area (Å²) < 4.78 is 0. The van der Waals surface area contributed by atoms with Gasteiger partial charge in [0.1, 0.15) is 0 Å². The van der Waals surface area contributed by atoms with Crippen LogP contribution in [0.3, 0.4) is 0 Å². The number of carbonyl (C=O) groups excluding carboxylic acids is 1. The first kappa shape index (κ1) is 18.3. The van der Waals surface area contributed by atoms with Crippen LogP contribution in [0.25, 0.3) is 6.08 Å². The van der Waals surface area contributed by atoms with E-state index in [2.05, 4.69) is 6.92 Å². The predicted molar refractivity (Wildman–Crippen MR) is 91.9 cm³/mol. The summed E-state index contributed by atoms with van der Waals surface area (Å²) in [6.45, 7) is 3.37. The van der Waals surface area contributed by atoms with Crippen LogP contribution in [0.4, 0.5) is 0 Å². The first-order valence-electron chi connectivity index (χ1n) is 7.45.